The highest BCUT2D eigenvalue weighted by atomic mass is 79.9. The molecule has 0 amide bonds. The van der Waals surface area contributed by atoms with E-state index in [0.717, 1.165) is 18.2 Å². The Morgan fingerprint density at radius 2 is 1.84 bits per heavy atom. The van der Waals surface area contributed by atoms with Gasteiger partial charge in [0.1, 0.15) is 23.4 Å². The van der Waals surface area contributed by atoms with Crippen molar-refractivity contribution in [2.75, 3.05) is 0 Å². The Labute approximate surface area is 152 Å². The zero-order chi connectivity index (χ0) is 19.0. The van der Waals surface area contributed by atoms with Crippen LogP contribution in [-0.2, 0) is 9.84 Å². The van der Waals surface area contributed by atoms with Crippen molar-refractivity contribution in [3.05, 3.63) is 51.2 Å². The molecule has 0 saturated heterocycles. The monoisotopic (exact) mass is 457 g/mol. The molecule has 4 nitrogen and oxygen atoms in total. The van der Waals surface area contributed by atoms with E-state index in [-0.39, 0.29) is 21.0 Å². The third-order valence-electron chi connectivity index (χ3n) is 2.84. The molecule has 2 aromatic carbocycles. The van der Waals surface area contributed by atoms with Gasteiger partial charge in [0.2, 0.25) is 0 Å². The number of benzene rings is 2. The summed E-state index contributed by atoms with van der Waals surface area (Å²) in [6, 6.07) is 6.05. The van der Waals surface area contributed by atoms with Crippen molar-refractivity contribution in [1.82, 2.24) is 0 Å². The van der Waals surface area contributed by atoms with Gasteiger partial charge in [-0.05, 0) is 40.2 Å². The lowest BCUT2D eigenvalue weighted by atomic mass is 10.2. The zero-order valence-electron chi connectivity index (χ0n) is 11.7. The molecule has 0 atom stereocenters. The molecule has 0 aliphatic heterocycles. The minimum atomic E-state index is -5.73. The summed E-state index contributed by atoms with van der Waals surface area (Å²) in [5, 5.41) is 9.06. The van der Waals surface area contributed by atoms with E-state index in [0.29, 0.717) is 6.07 Å². The summed E-state index contributed by atoms with van der Waals surface area (Å²) < 4.78 is 79.4. The molecule has 0 saturated carbocycles. The van der Waals surface area contributed by atoms with Crippen LogP contribution in [0.2, 0.25) is 5.02 Å². The van der Waals surface area contributed by atoms with Crippen molar-refractivity contribution >= 4 is 37.4 Å². The molecule has 2 rings (SSSR count). The summed E-state index contributed by atoms with van der Waals surface area (Å²) in [5.74, 6) is -1.02. The summed E-state index contributed by atoms with van der Waals surface area (Å²) in [7, 11) is -5.73. The van der Waals surface area contributed by atoms with Crippen LogP contribution in [0.25, 0.3) is 0 Å². The molecule has 0 aliphatic rings. The highest BCUT2D eigenvalue weighted by Gasteiger charge is 2.48. The Hall–Kier alpha value is -1.83. The number of nitriles is 1. The van der Waals surface area contributed by atoms with E-state index >= 15 is 0 Å². The van der Waals surface area contributed by atoms with E-state index in [1.54, 1.807) is 0 Å². The maximum atomic E-state index is 13.3. The van der Waals surface area contributed by atoms with E-state index in [9.17, 15) is 26.0 Å². The Balaban J connectivity index is 2.57. The molecule has 0 aromatic heterocycles. The SMILES string of the molecule is N#Cc1c(S(=O)(=O)C(F)(F)F)ccc(Oc2cc(F)cc(Cl)c2)c1Br. The van der Waals surface area contributed by atoms with Gasteiger partial charge in [0.25, 0.3) is 9.84 Å². The van der Waals surface area contributed by atoms with Gasteiger partial charge in [-0.3, -0.25) is 0 Å². The summed E-state index contributed by atoms with van der Waals surface area (Å²) in [4.78, 5) is -1.22. The second-order valence-corrected chi connectivity index (χ2v) is 7.66. The maximum absolute atomic E-state index is 13.3. The molecule has 0 aliphatic carbocycles. The predicted octanol–water partition coefficient (Wildman–Crippen LogP) is 5.20. The van der Waals surface area contributed by atoms with Crippen LogP contribution >= 0.6 is 27.5 Å². The van der Waals surface area contributed by atoms with Crippen LogP contribution < -0.4 is 4.74 Å². The topological polar surface area (TPSA) is 67.2 Å². The molecule has 132 valence electrons. The molecule has 2 aromatic rings. The molecule has 0 heterocycles. The van der Waals surface area contributed by atoms with Gasteiger partial charge in [0, 0.05) is 11.1 Å². The van der Waals surface area contributed by atoms with Crippen LogP contribution in [0.4, 0.5) is 17.6 Å². The summed E-state index contributed by atoms with van der Waals surface area (Å²) in [5.41, 5.74) is -6.37. The van der Waals surface area contributed by atoms with Crippen molar-refractivity contribution < 1.29 is 30.7 Å². The van der Waals surface area contributed by atoms with E-state index < -0.39 is 31.6 Å². The Kier molecular flexibility index (Phi) is 5.32. The van der Waals surface area contributed by atoms with Gasteiger partial charge in [-0.1, -0.05) is 11.6 Å². The number of hydrogen-bond acceptors (Lipinski definition) is 4. The van der Waals surface area contributed by atoms with Crippen LogP contribution in [-0.4, -0.2) is 13.9 Å². The molecule has 0 fully saturated rings. The second-order valence-electron chi connectivity index (χ2n) is 4.52. The first-order valence-electron chi connectivity index (χ1n) is 6.15. The molecule has 0 unspecified atom stereocenters. The molecule has 11 heteroatoms. The van der Waals surface area contributed by atoms with E-state index in [2.05, 4.69) is 15.9 Å². The van der Waals surface area contributed by atoms with Gasteiger partial charge in [-0.15, -0.1) is 0 Å². The Bertz CT molecular complexity index is 967. The molecular weight excluding hydrogens is 454 g/mol. The first-order valence-corrected chi connectivity index (χ1v) is 8.80. The third kappa shape index (κ3) is 3.89. The molecule has 0 N–H and O–H groups in total. The molecule has 25 heavy (non-hydrogen) atoms. The smallest absolute Gasteiger partial charge is 0.456 e. The fourth-order valence-electron chi connectivity index (χ4n) is 1.79. The van der Waals surface area contributed by atoms with Crippen molar-refractivity contribution in [2.24, 2.45) is 0 Å². The quantitative estimate of drug-likeness (QED) is 0.593. The van der Waals surface area contributed by atoms with Gasteiger partial charge in [0.05, 0.1) is 14.9 Å². The van der Waals surface area contributed by atoms with E-state index in [4.69, 9.17) is 21.6 Å². The van der Waals surface area contributed by atoms with E-state index in [1.165, 1.54) is 12.1 Å². The lowest BCUT2D eigenvalue weighted by Crippen LogP contribution is -2.24. The van der Waals surface area contributed by atoms with Crippen LogP contribution in [0.5, 0.6) is 11.5 Å². The zero-order valence-corrected chi connectivity index (χ0v) is 14.9. The number of hydrogen-bond donors (Lipinski definition) is 0. The molecule has 0 radical (unpaired) electrons. The highest BCUT2D eigenvalue weighted by Crippen LogP contribution is 2.40. The number of ether oxygens (including phenoxy) is 1. The minimum Gasteiger partial charge on any atom is -0.456 e. The Morgan fingerprint density at radius 3 is 2.36 bits per heavy atom. The van der Waals surface area contributed by atoms with Crippen molar-refractivity contribution in [2.45, 2.75) is 10.4 Å². The van der Waals surface area contributed by atoms with Crippen molar-refractivity contribution in [3.63, 3.8) is 0 Å². The number of rotatable bonds is 3. The second kappa shape index (κ2) is 6.82. The summed E-state index contributed by atoms with van der Waals surface area (Å²) >= 11 is 8.50. The largest absolute Gasteiger partial charge is 0.501 e. The van der Waals surface area contributed by atoms with Crippen LogP contribution in [0.3, 0.4) is 0 Å². The third-order valence-corrected chi connectivity index (χ3v) is 5.37. The fraction of sp³-hybridized carbons (Fsp3) is 0.0714. The first-order chi connectivity index (χ1) is 11.5. The normalized spacial score (nSPS) is 11.9. The number of halogens is 6. The Morgan fingerprint density at radius 1 is 1.20 bits per heavy atom. The highest BCUT2D eigenvalue weighted by molar-refractivity contribution is 9.10. The molecular formula is C14H5BrClF4NO3S. The number of sulfone groups is 1. The maximum Gasteiger partial charge on any atom is 0.501 e. The average molecular weight is 459 g/mol. The van der Waals surface area contributed by atoms with Gasteiger partial charge in [0.15, 0.2) is 0 Å². The minimum absolute atomic E-state index is 0.00268. The van der Waals surface area contributed by atoms with Gasteiger partial charge in [-0.2, -0.15) is 18.4 Å². The van der Waals surface area contributed by atoms with Gasteiger partial charge < -0.3 is 4.74 Å². The lowest BCUT2D eigenvalue weighted by Gasteiger charge is -2.13. The number of alkyl halides is 3. The van der Waals surface area contributed by atoms with Crippen molar-refractivity contribution in [3.8, 4) is 17.6 Å². The van der Waals surface area contributed by atoms with Crippen LogP contribution in [0.1, 0.15) is 5.56 Å². The summed E-state index contributed by atoms with van der Waals surface area (Å²) in [6.45, 7) is 0. The summed E-state index contributed by atoms with van der Waals surface area (Å²) in [6.07, 6.45) is 0. The van der Waals surface area contributed by atoms with Gasteiger partial charge in [-0.25, -0.2) is 12.8 Å². The number of nitrogens with zero attached hydrogens (tertiary/aromatic N) is 1. The predicted molar refractivity (Wildman–Crippen MR) is 83.6 cm³/mol. The lowest BCUT2D eigenvalue weighted by molar-refractivity contribution is -0.0436. The van der Waals surface area contributed by atoms with E-state index in [1.807, 2.05) is 0 Å². The van der Waals surface area contributed by atoms with Crippen molar-refractivity contribution in [1.29, 1.82) is 5.26 Å². The molecule has 0 spiro atoms. The first kappa shape index (κ1) is 19.5. The van der Waals surface area contributed by atoms with Crippen LogP contribution in [0, 0.1) is 17.1 Å². The van der Waals surface area contributed by atoms with Crippen LogP contribution in [0.15, 0.2) is 39.7 Å². The fourth-order valence-corrected chi connectivity index (χ4v) is 3.56. The molecule has 0 bridgehead atoms. The van der Waals surface area contributed by atoms with Gasteiger partial charge >= 0.3 is 5.51 Å². The average Bonchev–Trinajstić information content (AvgIpc) is 2.46. The standard InChI is InChI=1S/C14H5BrClF4NO3S/c15-13-10(6-21)12(25(22,23)14(18,19)20)2-1-11(13)24-9-4-7(16)3-8(17)5-9/h1-5H.